The van der Waals surface area contributed by atoms with Gasteiger partial charge in [0.1, 0.15) is 0 Å². The molecule has 1 aliphatic rings. The van der Waals surface area contributed by atoms with Crippen molar-refractivity contribution in [2.75, 3.05) is 5.32 Å². The highest BCUT2D eigenvalue weighted by Gasteiger charge is 2.35. The van der Waals surface area contributed by atoms with E-state index in [9.17, 15) is 4.79 Å². The Morgan fingerprint density at radius 3 is 2.61 bits per heavy atom. The van der Waals surface area contributed by atoms with E-state index in [0.717, 1.165) is 36.9 Å². The fourth-order valence-corrected chi connectivity index (χ4v) is 3.07. The van der Waals surface area contributed by atoms with Crippen molar-refractivity contribution in [1.82, 2.24) is 0 Å². The summed E-state index contributed by atoms with van der Waals surface area (Å²) in [5.74, 6) is -0.0356. The monoisotopic (exact) mass is 358 g/mol. The number of carbonyl (C=O) groups is 1. The first kappa shape index (κ1) is 13.8. The summed E-state index contributed by atoms with van der Waals surface area (Å²) in [6.07, 6.45) is 4.88. The zero-order valence-corrected chi connectivity index (χ0v) is 12.8. The second-order valence-electron chi connectivity index (χ2n) is 5.13. The number of nitrogens with one attached hydrogen (secondary N) is 1. The van der Waals surface area contributed by atoms with Gasteiger partial charge in [-0.3, -0.25) is 4.79 Å². The molecule has 0 bridgehead atoms. The van der Waals surface area contributed by atoms with Crippen molar-refractivity contribution in [1.29, 1.82) is 0 Å². The molecule has 98 valence electrons. The number of hydrogen-bond acceptors (Lipinski definition) is 2. The van der Waals surface area contributed by atoms with Gasteiger partial charge in [0.15, 0.2) is 0 Å². The van der Waals surface area contributed by atoms with Crippen LogP contribution in [0.3, 0.4) is 0 Å². The van der Waals surface area contributed by atoms with E-state index < -0.39 is 5.54 Å². The zero-order valence-electron chi connectivity index (χ0n) is 10.6. The van der Waals surface area contributed by atoms with E-state index in [4.69, 9.17) is 5.73 Å². The predicted molar refractivity (Wildman–Crippen MR) is 82.5 cm³/mol. The first-order valence-corrected chi connectivity index (χ1v) is 7.46. The first-order chi connectivity index (χ1) is 8.51. The maximum atomic E-state index is 12.3. The molecule has 0 radical (unpaired) electrons. The quantitative estimate of drug-likeness (QED) is 0.798. The minimum absolute atomic E-state index is 0.0356. The molecule has 1 fully saturated rings. The number of rotatable bonds is 2. The van der Waals surface area contributed by atoms with Crippen molar-refractivity contribution < 1.29 is 4.79 Å². The van der Waals surface area contributed by atoms with Crippen LogP contribution in [0.4, 0.5) is 5.69 Å². The number of carbonyl (C=O) groups excluding carboxylic acids is 1. The minimum Gasteiger partial charge on any atom is -0.324 e. The van der Waals surface area contributed by atoms with Crippen molar-refractivity contribution in [3.8, 4) is 0 Å². The molecule has 2 rings (SSSR count). The van der Waals surface area contributed by atoms with Gasteiger partial charge < -0.3 is 11.1 Å². The number of aryl methyl sites for hydroxylation is 1. The normalized spacial score (nSPS) is 18.4. The van der Waals surface area contributed by atoms with E-state index in [1.807, 2.05) is 19.1 Å². The fraction of sp³-hybridized carbons (Fsp3) is 0.500. The highest BCUT2D eigenvalue weighted by molar-refractivity contribution is 14.1. The zero-order chi connectivity index (χ0) is 13.2. The lowest BCUT2D eigenvalue weighted by Crippen LogP contribution is -2.52. The lowest BCUT2D eigenvalue weighted by Gasteiger charge is -2.32. The molecule has 1 amide bonds. The van der Waals surface area contributed by atoms with Crippen LogP contribution in [0.2, 0.25) is 0 Å². The minimum atomic E-state index is -0.673. The standard InChI is InChI=1S/C14H19IN2O/c1-10-9-11(15)5-6-12(10)17-13(18)14(16)7-3-2-4-8-14/h5-6,9H,2-4,7-8,16H2,1H3,(H,17,18). The smallest absolute Gasteiger partial charge is 0.244 e. The van der Waals surface area contributed by atoms with Gasteiger partial charge in [0.25, 0.3) is 0 Å². The Labute approximate surface area is 122 Å². The van der Waals surface area contributed by atoms with Gasteiger partial charge in [0.05, 0.1) is 5.54 Å². The molecule has 0 heterocycles. The summed E-state index contributed by atoms with van der Waals surface area (Å²) in [6, 6.07) is 5.99. The maximum absolute atomic E-state index is 12.3. The van der Waals surface area contributed by atoms with E-state index in [-0.39, 0.29) is 5.91 Å². The topological polar surface area (TPSA) is 55.1 Å². The Balaban J connectivity index is 2.11. The summed E-state index contributed by atoms with van der Waals surface area (Å²) >= 11 is 2.26. The predicted octanol–water partition coefficient (Wildman–Crippen LogP) is 3.20. The molecule has 1 saturated carbocycles. The van der Waals surface area contributed by atoms with Crippen molar-refractivity contribution in [2.45, 2.75) is 44.6 Å². The van der Waals surface area contributed by atoms with Crippen molar-refractivity contribution in [2.24, 2.45) is 5.73 Å². The lowest BCUT2D eigenvalue weighted by atomic mass is 9.82. The molecule has 4 heteroatoms. The Morgan fingerprint density at radius 1 is 1.33 bits per heavy atom. The van der Waals surface area contributed by atoms with Gasteiger partial charge >= 0.3 is 0 Å². The Bertz CT molecular complexity index is 453. The summed E-state index contributed by atoms with van der Waals surface area (Å²) in [6.45, 7) is 2.00. The number of amides is 1. The molecule has 0 saturated heterocycles. The first-order valence-electron chi connectivity index (χ1n) is 6.38. The molecule has 0 aliphatic heterocycles. The molecule has 3 N–H and O–H groups in total. The molecule has 0 spiro atoms. The molecule has 1 aromatic carbocycles. The third-order valence-electron chi connectivity index (χ3n) is 3.63. The number of nitrogens with two attached hydrogens (primary N) is 1. The highest BCUT2D eigenvalue weighted by Crippen LogP contribution is 2.28. The van der Waals surface area contributed by atoms with E-state index >= 15 is 0 Å². The maximum Gasteiger partial charge on any atom is 0.244 e. The van der Waals surface area contributed by atoms with Crippen LogP contribution in [0.25, 0.3) is 0 Å². The van der Waals surface area contributed by atoms with Crippen LogP contribution >= 0.6 is 22.6 Å². The van der Waals surface area contributed by atoms with Crippen molar-refractivity contribution in [3.63, 3.8) is 0 Å². The van der Waals surface area contributed by atoms with Gasteiger partial charge in [-0.1, -0.05) is 19.3 Å². The lowest BCUT2D eigenvalue weighted by molar-refractivity contribution is -0.122. The number of anilines is 1. The summed E-state index contributed by atoms with van der Waals surface area (Å²) in [5, 5.41) is 2.98. The Kier molecular flexibility index (Phi) is 4.27. The van der Waals surface area contributed by atoms with Crippen molar-refractivity contribution >= 4 is 34.2 Å². The van der Waals surface area contributed by atoms with Crippen molar-refractivity contribution in [3.05, 3.63) is 27.3 Å². The molecule has 0 atom stereocenters. The summed E-state index contributed by atoms with van der Waals surface area (Å²) in [4.78, 5) is 12.3. The van der Waals surface area contributed by atoms with Gasteiger partial charge in [0.2, 0.25) is 5.91 Å². The average Bonchev–Trinajstić information content (AvgIpc) is 2.33. The van der Waals surface area contributed by atoms with E-state index in [1.54, 1.807) is 0 Å². The van der Waals surface area contributed by atoms with Crippen LogP contribution in [-0.4, -0.2) is 11.4 Å². The number of halogens is 1. The van der Waals surface area contributed by atoms with E-state index in [2.05, 4.69) is 34.0 Å². The van der Waals surface area contributed by atoms with Crippen LogP contribution < -0.4 is 11.1 Å². The van der Waals surface area contributed by atoms with Crippen LogP contribution in [0.1, 0.15) is 37.7 Å². The Hall–Kier alpha value is -0.620. The SMILES string of the molecule is Cc1cc(I)ccc1NC(=O)C1(N)CCCCC1. The van der Waals surface area contributed by atoms with E-state index in [0.29, 0.717) is 0 Å². The summed E-state index contributed by atoms with van der Waals surface area (Å²) in [5.41, 5.74) is 7.49. The highest BCUT2D eigenvalue weighted by atomic mass is 127. The molecular formula is C14H19IN2O. The van der Waals surface area contributed by atoms with Gasteiger partial charge in [-0.15, -0.1) is 0 Å². The van der Waals surface area contributed by atoms with E-state index in [1.165, 1.54) is 9.99 Å². The summed E-state index contributed by atoms with van der Waals surface area (Å²) < 4.78 is 1.17. The number of benzene rings is 1. The second-order valence-corrected chi connectivity index (χ2v) is 6.38. The van der Waals surface area contributed by atoms with Gasteiger partial charge in [-0.05, 0) is 66.1 Å². The second kappa shape index (κ2) is 5.57. The third-order valence-corrected chi connectivity index (χ3v) is 4.31. The average molecular weight is 358 g/mol. The van der Waals surface area contributed by atoms with Gasteiger partial charge in [-0.2, -0.15) is 0 Å². The van der Waals surface area contributed by atoms with Crippen LogP contribution in [-0.2, 0) is 4.79 Å². The molecule has 1 aromatic rings. The molecule has 0 aromatic heterocycles. The summed E-state index contributed by atoms with van der Waals surface area (Å²) in [7, 11) is 0. The molecule has 1 aliphatic carbocycles. The molecular weight excluding hydrogens is 339 g/mol. The molecule has 3 nitrogen and oxygen atoms in total. The van der Waals surface area contributed by atoms with Gasteiger partial charge in [-0.25, -0.2) is 0 Å². The van der Waals surface area contributed by atoms with Crippen LogP contribution in [0.5, 0.6) is 0 Å². The molecule has 18 heavy (non-hydrogen) atoms. The third kappa shape index (κ3) is 3.03. The fourth-order valence-electron chi connectivity index (χ4n) is 2.42. The Morgan fingerprint density at radius 2 is 2.00 bits per heavy atom. The van der Waals surface area contributed by atoms with Crippen LogP contribution in [0.15, 0.2) is 18.2 Å². The number of hydrogen-bond donors (Lipinski definition) is 2. The van der Waals surface area contributed by atoms with Crippen LogP contribution in [0, 0.1) is 10.5 Å². The molecule has 0 unspecified atom stereocenters. The largest absolute Gasteiger partial charge is 0.324 e. The van der Waals surface area contributed by atoms with Gasteiger partial charge in [0, 0.05) is 9.26 Å².